The number of nitrogens with zero attached hydrogens (tertiary/aromatic N) is 1. The number of likely N-dealkylation sites (tertiary alicyclic amines) is 1. The Labute approximate surface area is 216 Å². The first-order valence-electron chi connectivity index (χ1n) is 12.5. The van der Waals surface area contributed by atoms with E-state index in [0.717, 1.165) is 30.6 Å². The molecule has 1 aliphatic carbocycles. The van der Waals surface area contributed by atoms with Crippen LogP contribution in [0.25, 0.3) is 0 Å². The van der Waals surface area contributed by atoms with Gasteiger partial charge in [-0.25, -0.2) is 0 Å². The molecule has 0 bridgehead atoms. The van der Waals surface area contributed by atoms with E-state index in [1.54, 1.807) is 10.3 Å². The van der Waals surface area contributed by atoms with Crippen LogP contribution >= 0.6 is 11.3 Å². The molecule has 2 aromatic rings. The van der Waals surface area contributed by atoms with Crippen molar-refractivity contribution >= 4 is 34.9 Å². The maximum Gasteiger partial charge on any atom is 0.243 e. The first kappa shape index (κ1) is 25.9. The second kappa shape index (κ2) is 10.8. The van der Waals surface area contributed by atoms with E-state index in [1.165, 1.54) is 16.9 Å². The molecule has 2 heterocycles. The average Bonchev–Trinajstić information content (AvgIpc) is 3.19. The second-order valence-electron chi connectivity index (χ2n) is 10.2. The summed E-state index contributed by atoms with van der Waals surface area (Å²) in [6, 6.07) is 11.2. The van der Waals surface area contributed by atoms with Crippen molar-refractivity contribution in [2.45, 2.75) is 70.5 Å². The van der Waals surface area contributed by atoms with Gasteiger partial charge in [0, 0.05) is 28.3 Å². The fraction of sp³-hybridized carbons (Fsp3) is 0.481. The number of rotatable bonds is 11. The van der Waals surface area contributed by atoms with Crippen LogP contribution in [0.2, 0.25) is 0 Å². The van der Waals surface area contributed by atoms with E-state index in [9.17, 15) is 14.4 Å². The average molecular weight is 510 g/mol. The summed E-state index contributed by atoms with van der Waals surface area (Å²) in [4.78, 5) is 41.2. The SMILES string of the molecule is C[C@@H](NC(=O)[C@@H]1C[C@]2(C)C[C@@H]2N1C(=O)CNC(=O)CCCCc1ccccc1)c1cc(C(=N)N)cs1. The van der Waals surface area contributed by atoms with Crippen LogP contribution in [-0.4, -0.2) is 47.1 Å². The third-order valence-corrected chi connectivity index (χ3v) is 8.46. The van der Waals surface area contributed by atoms with Gasteiger partial charge in [-0.15, -0.1) is 11.3 Å². The van der Waals surface area contributed by atoms with Crippen molar-refractivity contribution in [2.75, 3.05) is 6.54 Å². The van der Waals surface area contributed by atoms with Crippen LogP contribution in [0.5, 0.6) is 0 Å². The minimum absolute atomic E-state index is 0.00477. The molecule has 4 atom stereocenters. The summed E-state index contributed by atoms with van der Waals surface area (Å²) in [7, 11) is 0. The number of unbranched alkanes of at least 4 members (excludes halogenated alkanes) is 1. The van der Waals surface area contributed by atoms with Crippen LogP contribution in [0.15, 0.2) is 41.8 Å². The minimum Gasteiger partial charge on any atom is -0.384 e. The fourth-order valence-corrected chi connectivity index (χ4v) is 5.99. The number of thiophene rings is 1. The van der Waals surface area contributed by atoms with E-state index in [2.05, 4.69) is 29.7 Å². The smallest absolute Gasteiger partial charge is 0.243 e. The summed E-state index contributed by atoms with van der Waals surface area (Å²) < 4.78 is 0. The number of nitrogens with one attached hydrogen (secondary N) is 3. The van der Waals surface area contributed by atoms with E-state index in [0.29, 0.717) is 18.4 Å². The lowest BCUT2D eigenvalue weighted by molar-refractivity contribution is -0.140. The molecule has 1 aliphatic heterocycles. The lowest BCUT2D eigenvalue weighted by Crippen LogP contribution is -2.51. The predicted octanol–water partition coefficient (Wildman–Crippen LogP) is 3.12. The number of carbonyl (C=O) groups is 3. The van der Waals surface area contributed by atoms with Crippen molar-refractivity contribution < 1.29 is 14.4 Å². The Morgan fingerprint density at radius 2 is 1.97 bits per heavy atom. The molecule has 1 aromatic heterocycles. The van der Waals surface area contributed by atoms with Gasteiger partial charge in [0.25, 0.3) is 0 Å². The van der Waals surface area contributed by atoms with Crippen molar-refractivity contribution in [2.24, 2.45) is 11.1 Å². The topological polar surface area (TPSA) is 128 Å². The molecule has 0 radical (unpaired) electrons. The maximum absolute atomic E-state index is 13.2. The van der Waals surface area contributed by atoms with Crippen LogP contribution in [0.1, 0.15) is 68.0 Å². The third-order valence-electron chi connectivity index (χ3n) is 7.34. The minimum atomic E-state index is -0.543. The van der Waals surface area contributed by atoms with Gasteiger partial charge in [-0.05, 0) is 56.1 Å². The van der Waals surface area contributed by atoms with Gasteiger partial charge in [-0.2, -0.15) is 0 Å². The molecule has 0 spiro atoms. The molecule has 2 fully saturated rings. The van der Waals surface area contributed by atoms with E-state index in [1.807, 2.05) is 31.2 Å². The number of amidine groups is 1. The van der Waals surface area contributed by atoms with Crippen molar-refractivity contribution in [3.63, 3.8) is 0 Å². The summed E-state index contributed by atoms with van der Waals surface area (Å²) in [5.41, 5.74) is 7.41. The Morgan fingerprint density at radius 1 is 1.22 bits per heavy atom. The van der Waals surface area contributed by atoms with Gasteiger partial charge in [0.05, 0.1) is 12.6 Å². The largest absolute Gasteiger partial charge is 0.384 e. The first-order chi connectivity index (χ1) is 17.2. The highest BCUT2D eigenvalue weighted by molar-refractivity contribution is 7.10. The third kappa shape index (κ3) is 5.95. The number of nitrogen functional groups attached to an aromatic ring is 1. The standard InChI is InChI=1S/C27H35N5O3S/c1-17(21-12-19(16-36-21)25(28)29)31-26(35)20-13-27(2)14-22(27)32(20)24(34)15-30-23(33)11-7-6-10-18-8-4-3-5-9-18/h3-5,8-9,12,16-17,20,22H,6-7,10-11,13-15H2,1-2H3,(H3,28,29)(H,30,33)(H,31,35)/t17-,20+,22+,27-/m1/s1. The van der Waals surface area contributed by atoms with Crippen LogP contribution in [0.3, 0.4) is 0 Å². The number of benzene rings is 1. The van der Waals surface area contributed by atoms with Gasteiger partial charge in [-0.3, -0.25) is 19.8 Å². The zero-order valence-corrected chi connectivity index (χ0v) is 21.7. The molecular weight excluding hydrogens is 474 g/mol. The maximum atomic E-state index is 13.2. The van der Waals surface area contributed by atoms with E-state index < -0.39 is 6.04 Å². The number of aryl methyl sites for hydroxylation is 1. The lowest BCUT2D eigenvalue weighted by atomic mass is 10.0. The quantitative estimate of drug-likeness (QED) is 0.211. The van der Waals surface area contributed by atoms with Crippen molar-refractivity contribution in [3.8, 4) is 0 Å². The molecule has 8 nitrogen and oxygen atoms in total. The highest BCUT2D eigenvalue weighted by atomic mass is 32.1. The Morgan fingerprint density at radius 3 is 2.67 bits per heavy atom. The van der Waals surface area contributed by atoms with Crippen LogP contribution in [-0.2, 0) is 20.8 Å². The molecule has 4 rings (SSSR count). The number of hydrogen-bond donors (Lipinski definition) is 4. The Bertz CT molecular complexity index is 1130. The molecule has 2 aliphatic rings. The van der Waals surface area contributed by atoms with Gasteiger partial charge in [0.2, 0.25) is 17.7 Å². The van der Waals surface area contributed by atoms with Gasteiger partial charge >= 0.3 is 0 Å². The molecule has 1 aromatic carbocycles. The molecule has 3 amide bonds. The van der Waals surface area contributed by atoms with Gasteiger partial charge in [-0.1, -0.05) is 37.3 Å². The highest BCUT2D eigenvalue weighted by Gasteiger charge is 2.64. The molecule has 1 saturated carbocycles. The lowest BCUT2D eigenvalue weighted by Gasteiger charge is -2.28. The zero-order chi connectivity index (χ0) is 25.9. The number of nitrogens with two attached hydrogens (primary N) is 1. The molecule has 1 saturated heterocycles. The van der Waals surface area contributed by atoms with Gasteiger partial charge in [0.1, 0.15) is 11.9 Å². The Kier molecular flexibility index (Phi) is 7.78. The van der Waals surface area contributed by atoms with Crippen LogP contribution < -0.4 is 16.4 Å². The first-order valence-corrected chi connectivity index (χ1v) is 13.4. The zero-order valence-electron chi connectivity index (χ0n) is 20.9. The number of piperidine rings is 1. The molecule has 0 unspecified atom stereocenters. The molecule has 9 heteroatoms. The van der Waals surface area contributed by atoms with E-state index in [4.69, 9.17) is 11.1 Å². The van der Waals surface area contributed by atoms with E-state index >= 15 is 0 Å². The number of carbonyl (C=O) groups excluding carboxylic acids is 3. The van der Waals surface area contributed by atoms with Gasteiger partial charge in [0.15, 0.2) is 0 Å². The van der Waals surface area contributed by atoms with Crippen LogP contribution in [0.4, 0.5) is 0 Å². The summed E-state index contributed by atoms with van der Waals surface area (Å²) in [5, 5.41) is 15.1. The summed E-state index contributed by atoms with van der Waals surface area (Å²) in [5.74, 6) is -0.534. The Hall–Kier alpha value is -3.20. The number of hydrogen-bond acceptors (Lipinski definition) is 5. The molecule has 5 N–H and O–H groups in total. The normalized spacial score (nSPS) is 23.0. The Balaban J connectivity index is 1.26. The fourth-order valence-electron chi connectivity index (χ4n) is 5.08. The number of fused-ring (bicyclic) bond motifs is 1. The summed E-state index contributed by atoms with van der Waals surface area (Å²) in [6.45, 7) is 3.91. The number of amides is 3. The van der Waals surface area contributed by atoms with Crippen molar-refractivity contribution in [3.05, 3.63) is 57.8 Å². The summed E-state index contributed by atoms with van der Waals surface area (Å²) in [6.07, 6.45) is 4.49. The van der Waals surface area contributed by atoms with Crippen LogP contribution in [0, 0.1) is 10.8 Å². The highest BCUT2D eigenvalue weighted by Crippen LogP contribution is 2.59. The molecular formula is C27H35N5O3S. The second-order valence-corrected chi connectivity index (χ2v) is 11.2. The van der Waals surface area contributed by atoms with E-state index in [-0.39, 0.29) is 47.6 Å². The monoisotopic (exact) mass is 509 g/mol. The van der Waals surface area contributed by atoms with Crippen molar-refractivity contribution in [1.29, 1.82) is 5.41 Å². The molecule has 192 valence electrons. The predicted molar refractivity (Wildman–Crippen MR) is 141 cm³/mol. The van der Waals surface area contributed by atoms with Crippen molar-refractivity contribution in [1.82, 2.24) is 15.5 Å². The molecule has 36 heavy (non-hydrogen) atoms. The summed E-state index contributed by atoms with van der Waals surface area (Å²) >= 11 is 1.44. The van der Waals surface area contributed by atoms with Gasteiger partial charge < -0.3 is 21.3 Å².